The van der Waals surface area contributed by atoms with E-state index in [2.05, 4.69) is 14.9 Å². The zero-order valence-corrected chi connectivity index (χ0v) is 17.4. The number of hydrogen-bond donors (Lipinski definition) is 1. The topological polar surface area (TPSA) is 81.8 Å². The van der Waals surface area contributed by atoms with Crippen molar-refractivity contribution in [1.29, 1.82) is 0 Å². The van der Waals surface area contributed by atoms with Crippen molar-refractivity contribution in [1.82, 2.24) is 19.6 Å². The number of anilines is 1. The second-order valence-corrected chi connectivity index (χ2v) is 9.33. The van der Waals surface area contributed by atoms with Crippen LogP contribution in [0.15, 0.2) is 41.6 Å². The molecule has 0 saturated carbocycles. The highest BCUT2D eigenvalue weighted by Gasteiger charge is 2.28. The Morgan fingerprint density at radius 2 is 1.89 bits per heavy atom. The molecule has 2 aromatic heterocycles. The Kier molecular flexibility index (Phi) is 4.81. The van der Waals surface area contributed by atoms with E-state index in [1.165, 1.54) is 0 Å². The molecule has 7 nitrogen and oxygen atoms in total. The van der Waals surface area contributed by atoms with E-state index in [1.54, 1.807) is 59.9 Å². The number of halogens is 1. The first-order chi connectivity index (χ1) is 12.5. The van der Waals surface area contributed by atoms with Crippen molar-refractivity contribution in [2.45, 2.75) is 45.1 Å². The molecule has 0 unspecified atom stereocenters. The number of sulfonamides is 1. The van der Waals surface area contributed by atoms with Gasteiger partial charge >= 0.3 is 0 Å². The summed E-state index contributed by atoms with van der Waals surface area (Å²) in [5.74, 6) is 0. The van der Waals surface area contributed by atoms with Gasteiger partial charge in [0.2, 0.25) is 0 Å². The molecule has 0 radical (unpaired) electrons. The first-order valence-corrected chi connectivity index (χ1v) is 10.3. The lowest BCUT2D eigenvalue weighted by atomic mass is 10.1. The third-order valence-corrected chi connectivity index (χ3v) is 6.02. The van der Waals surface area contributed by atoms with E-state index in [4.69, 9.17) is 11.6 Å². The van der Waals surface area contributed by atoms with Crippen LogP contribution in [0.1, 0.15) is 32.2 Å². The molecule has 0 bridgehead atoms. The van der Waals surface area contributed by atoms with Gasteiger partial charge in [-0.15, -0.1) is 0 Å². The van der Waals surface area contributed by atoms with E-state index in [9.17, 15) is 8.42 Å². The summed E-state index contributed by atoms with van der Waals surface area (Å²) in [5, 5.41) is 8.93. The number of rotatable bonds is 4. The molecule has 0 spiro atoms. The summed E-state index contributed by atoms with van der Waals surface area (Å²) < 4.78 is 31.9. The van der Waals surface area contributed by atoms with Crippen LogP contribution >= 0.6 is 11.6 Å². The first-order valence-electron chi connectivity index (χ1n) is 8.40. The van der Waals surface area contributed by atoms with E-state index in [-0.39, 0.29) is 10.4 Å². The van der Waals surface area contributed by atoms with Gasteiger partial charge in [0.1, 0.15) is 4.90 Å². The lowest BCUT2D eigenvalue weighted by Gasteiger charge is -2.21. The number of hydrogen-bond acceptors (Lipinski definition) is 4. The van der Waals surface area contributed by atoms with Gasteiger partial charge in [0, 0.05) is 12.4 Å². The van der Waals surface area contributed by atoms with Gasteiger partial charge in [-0.2, -0.15) is 10.2 Å². The summed E-state index contributed by atoms with van der Waals surface area (Å²) in [6.07, 6.45) is 3.41. The Morgan fingerprint density at radius 3 is 2.41 bits per heavy atom. The predicted octanol–water partition coefficient (Wildman–Crippen LogP) is 3.89. The molecule has 3 rings (SSSR count). The van der Waals surface area contributed by atoms with Gasteiger partial charge in [0.05, 0.1) is 33.3 Å². The fourth-order valence-corrected chi connectivity index (χ4v) is 4.76. The summed E-state index contributed by atoms with van der Waals surface area (Å²) in [6, 6.07) is 6.71. The minimum atomic E-state index is -3.81. The molecule has 1 N–H and O–H groups in total. The Labute approximate surface area is 164 Å². The molecule has 9 heteroatoms. The molecular weight excluding hydrogens is 386 g/mol. The molecule has 0 amide bonds. The highest BCUT2D eigenvalue weighted by molar-refractivity contribution is 7.92. The average Bonchev–Trinajstić information content (AvgIpc) is 3.14. The van der Waals surface area contributed by atoms with Crippen LogP contribution in [0.5, 0.6) is 0 Å². The van der Waals surface area contributed by atoms with Crippen LogP contribution in [-0.4, -0.2) is 28.0 Å². The van der Waals surface area contributed by atoms with E-state index in [0.717, 1.165) is 0 Å². The van der Waals surface area contributed by atoms with Crippen molar-refractivity contribution in [2.75, 3.05) is 4.72 Å². The van der Waals surface area contributed by atoms with Crippen molar-refractivity contribution in [3.8, 4) is 5.69 Å². The second kappa shape index (κ2) is 6.69. The normalized spacial score (nSPS) is 12.4. The quantitative estimate of drug-likeness (QED) is 0.711. The van der Waals surface area contributed by atoms with Crippen LogP contribution in [0.3, 0.4) is 0 Å². The lowest BCUT2D eigenvalue weighted by Crippen LogP contribution is -2.25. The SMILES string of the molecule is Cc1nn(C(C)(C)C)c(C)c1S(=O)(=O)Nc1ccc(-n2cccn2)c(Cl)c1. The molecular formula is C18H22ClN5O2S. The van der Waals surface area contributed by atoms with Gasteiger partial charge in [0.25, 0.3) is 10.0 Å². The van der Waals surface area contributed by atoms with Gasteiger partial charge < -0.3 is 0 Å². The van der Waals surface area contributed by atoms with Crippen LogP contribution < -0.4 is 4.72 Å². The highest BCUT2D eigenvalue weighted by Crippen LogP contribution is 2.29. The maximum Gasteiger partial charge on any atom is 0.265 e. The zero-order valence-electron chi connectivity index (χ0n) is 15.9. The first kappa shape index (κ1) is 19.4. The Balaban J connectivity index is 1.96. The summed E-state index contributed by atoms with van der Waals surface area (Å²) in [6.45, 7) is 9.38. The molecule has 0 atom stereocenters. The minimum Gasteiger partial charge on any atom is -0.279 e. The van der Waals surface area contributed by atoms with E-state index in [0.29, 0.717) is 27.8 Å². The third kappa shape index (κ3) is 3.72. The van der Waals surface area contributed by atoms with Gasteiger partial charge in [-0.3, -0.25) is 9.40 Å². The maximum atomic E-state index is 13.0. The molecule has 0 aliphatic rings. The van der Waals surface area contributed by atoms with Crippen LogP contribution in [0.4, 0.5) is 5.69 Å². The largest absolute Gasteiger partial charge is 0.279 e. The molecule has 0 aliphatic heterocycles. The smallest absolute Gasteiger partial charge is 0.265 e. The Morgan fingerprint density at radius 1 is 1.19 bits per heavy atom. The average molecular weight is 408 g/mol. The van der Waals surface area contributed by atoms with E-state index in [1.807, 2.05) is 20.8 Å². The standard InChI is InChI=1S/C18H22ClN5O2S/c1-12-17(13(2)24(21-12)18(3,4)5)27(25,26)22-14-7-8-16(15(19)11-14)23-10-6-9-20-23/h6-11,22H,1-5H3. The monoisotopic (exact) mass is 407 g/mol. The van der Waals surface area contributed by atoms with Crippen LogP contribution in [0, 0.1) is 13.8 Å². The molecule has 0 aliphatic carbocycles. The van der Waals surface area contributed by atoms with Gasteiger partial charge in [-0.25, -0.2) is 13.1 Å². The van der Waals surface area contributed by atoms with Crippen molar-refractivity contribution in [3.05, 3.63) is 53.1 Å². The van der Waals surface area contributed by atoms with Gasteiger partial charge in [-0.1, -0.05) is 11.6 Å². The van der Waals surface area contributed by atoms with Gasteiger partial charge in [0.15, 0.2) is 0 Å². The van der Waals surface area contributed by atoms with Gasteiger partial charge in [-0.05, 0) is 58.9 Å². The summed E-state index contributed by atoms with van der Waals surface area (Å²) in [4.78, 5) is 0.185. The van der Waals surface area contributed by atoms with E-state index < -0.39 is 10.0 Å². The minimum absolute atomic E-state index is 0.185. The number of aromatic nitrogens is 4. The fourth-order valence-electron chi connectivity index (χ4n) is 3.04. The second-order valence-electron chi connectivity index (χ2n) is 7.30. The van der Waals surface area contributed by atoms with Crippen molar-refractivity contribution in [3.63, 3.8) is 0 Å². The molecule has 3 aromatic rings. The van der Waals surface area contributed by atoms with Crippen LogP contribution in [0.25, 0.3) is 5.69 Å². The Bertz CT molecular complexity index is 1080. The zero-order chi connectivity index (χ0) is 20.0. The number of nitrogens with one attached hydrogen (secondary N) is 1. The highest BCUT2D eigenvalue weighted by atomic mass is 35.5. The Hall–Kier alpha value is -2.32. The summed E-state index contributed by atoms with van der Waals surface area (Å²) >= 11 is 6.31. The molecule has 27 heavy (non-hydrogen) atoms. The predicted molar refractivity (Wildman–Crippen MR) is 106 cm³/mol. The van der Waals surface area contributed by atoms with Crippen molar-refractivity contribution >= 4 is 27.3 Å². The van der Waals surface area contributed by atoms with Crippen LogP contribution in [0.2, 0.25) is 5.02 Å². The molecule has 2 heterocycles. The fraction of sp³-hybridized carbons (Fsp3) is 0.333. The lowest BCUT2D eigenvalue weighted by molar-refractivity contribution is 0.345. The number of benzene rings is 1. The summed E-state index contributed by atoms with van der Waals surface area (Å²) in [5.41, 5.74) is 1.76. The van der Waals surface area contributed by atoms with Crippen LogP contribution in [-0.2, 0) is 15.6 Å². The molecule has 0 saturated heterocycles. The number of aryl methyl sites for hydroxylation is 1. The number of nitrogens with zero attached hydrogens (tertiary/aromatic N) is 4. The van der Waals surface area contributed by atoms with E-state index >= 15 is 0 Å². The maximum absolute atomic E-state index is 13.0. The molecule has 0 fully saturated rings. The summed E-state index contributed by atoms with van der Waals surface area (Å²) in [7, 11) is -3.81. The molecule has 144 valence electrons. The molecule has 1 aromatic carbocycles. The van der Waals surface area contributed by atoms with Crippen molar-refractivity contribution < 1.29 is 8.42 Å². The third-order valence-electron chi connectivity index (χ3n) is 4.08. The van der Waals surface area contributed by atoms with Crippen molar-refractivity contribution in [2.24, 2.45) is 0 Å².